The topological polar surface area (TPSA) is 101 Å². The first-order valence-electron chi connectivity index (χ1n) is 10.6. The van der Waals surface area contributed by atoms with E-state index in [0.717, 1.165) is 10.9 Å². The third-order valence-corrected chi connectivity index (χ3v) is 6.93. The number of aromatic nitrogens is 2. The molecule has 4 rings (SSSR count). The van der Waals surface area contributed by atoms with Crippen LogP contribution in [0.15, 0.2) is 84.0 Å². The Morgan fingerprint density at radius 3 is 2.39 bits per heavy atom. The molecular weight excluding hydrogens is 436 g/mol. The summed E-state index contributed by atoms with van der Waals surface area (Å²) < 4.78 is 27.6. The van der Waals surface area contributed by atoms with E-state index >= 15 is 0 Å². The first-order valence-corrected chi connectivity index (χ1v) is 12.1. The molecule has 2 heterocycles. The van der Waals surface area contributed by atoms with Crippen molar-refractivity contribution in [1.29, 1.82) is 0 Å². The van der Waals surface area contributed by atoms with Gasteiger partial charge in [0.25, 0.3) is 5.91 Å². The van der Waals surface area contributed by atoms with E-state index in [-0.39, 0.29) is 16.8 Å². The number of hydrogen-bond acceptors (Lipinski definition) is 5. The quantitative estimate of drug-likeness (QED) is 0.419. The molecule has 33 heavy (non-hydrogen) atoms. The van der Waals surface area contributed by atoms with Crippen molar-refractivity contribution in [2.45, 2.75) is 31.2 Å². The van der Waals surface area contributed by atoms with Crippen molar-refractivity contribution >= 4 is 32.5 Å². The van der Waals surface area contributed by atoms with Crippen LogP contribution in [0.1, 0.15) is 30.6 Å². The average Bonchev–Trinajstić information content (AvgIpc) is 2.83. The number of nitrogens with one attached hydrogen (secondary N) is 2. The van der Waals surface area contributed by atoms with E-state index < -0.39 is 10.0 Å². The molecule has 0 aliphatic heterocycles. The van der Waals surface area contributed by atoms with Gasteiger partial charge in [0.05, 0.1) is 21.7 Å². The maximum atomic E-state index is 13.2. The van der Waals surface area contributed by atoms with Gasteiger partial charge >= 0.3 is 0 Å². The molecule has 0 aliphatic carbocycles. The molecule has 0 saturated carbocycles. The van der Waals surface area contributed by atoms with Crippen LogP contribution in [-0.4, -0.2) is 30.3 Å². The Morgan fingerprint density at radius 2 is 1.70 bits per heavy atom. The molecule has 2 N–H and O–H groups in total. The van der Waals surface area contributed by atoms with Gasteiger partial charge in [-0.2, -0.15) is 0 Å². The minimum Gasteiger partial charge on any atom is -0.322 e. The highest BCUT2D eigenvalue weighted by atomic mass is 32.2. The Kier molecular flexibility index (Phi) is 6.48. The lowest BCUT2D eigenvalue weighted by atomic mass is 10.0. The van der Waals surface area contributed by atoms with Crippen molar-refractivity contribution in [2.75, 3.05) is 5.32 Å². The van der Waals surface area contributed by atoms with Crippen molar-refractivity contribution in [3.8, 4) is 11.3 Å². The lowest BCUT2D eigenvalue weighted by molar-refractivity contribution is 0.102. The number of carbonyl (C=O) groups is 1. The van der Waals surface area contributed by atoms with Gasteiger partial charge < -0.3 is 5.32 Å². The number of amides is 1. The van der Waals surface area contributed by atoms with E-state index in [1.54, 1.807) is 30.6 Å². The fraction of sp³-hybridized carbons (Fsp3) is 0.160. The third-order valence-electron chi connectivity index (χ3n) is 5.33. The third kappa shape index (κ3) is 5.08. The maximum absolute atomic E-state index is 13.2. The van der Waals surface area contributed by atoms with Crippen LogP contribution in [0.3, 0.4) is 0 Å². The smallest absolute Gasteiger partial charge is 0.256 e. The van der Waals surface area contributed by atoms with Crippen molar-refractivity contribution in [3.63, 3.8) is 0 Å². The first-order chi connectivity index (χ1) is 15.9. The molecule has 1 atom stereocenters. The summed E-state index contributed by atoms with van der Waals surface area (Å²) in [6.45, 7) is 3.72. The highest BCUT2D eigenvalue weighted by Crippen LogP contribution is 2.25. The predicted octanol–water partition coefficient (Wildman–Crippen LogP) is 4.63. The highest BCUT2D eigenvalue weighted by Gasteiger charge is 2.18. The van der Waals surface area contributed by atoms with Crippen molar-refractivity contribution in [2.24, 2.45) is 0 Å². The van der Waals surface area contributed by atoms with Crippen molar-refractivity contribution in [3.05, 3.63) is 84.7 Å². The maximum Gasteiger partial charge on any atom is 0.256 e. The van der Waals surface area contributed by atoms with Crippen LogP contribution >= 0.6 is 0 Å². The number of fused-ring (bicyclic) bond motifs is 1. The summed E-state index contributed by atoms with van der Waals surface area (Å²) in [5.74, 6) is -0.308. The molecule has 0 fully saturated rings. The standard InChI is InChI=1S/C25H24N4O3S/c1-3-17(2)29-33(31,32)20-10-8-19(9-11-20)27-25(30)22-16-24(18-12-14-26-15-13-18)28-23-7-5-4-6-21(22)23/h4-17,29H,3H2,1-2H3,(H,27,30)/t17-/m1/s1. The van der Waals surface area contributed by atoms with Gasteiger partial charge in [0, 0.05) is 35.1 Å². The summed E-state index contributed by atoms with van der Waals surface area (Å²) in [5, 5.41) is 3.59. The predicted molar refractivity (Wildman–Crippen MR) is 129 cm³/mol. The molecule has 8 heteroatoms. The van der Waals surface area contributed by atoms with Crippen LogP contribution < -0.4 is 10.0 Å². The van der Waals surface area contributed by atoms with Crippen LogP contribution in [0.2, 0.25) is 0 Å². The van der Waals surface area contributed by atoms with Crippen LogP contribution in [0.5, 0.6) is 0 Å². The van der Waals surface area contributed by atoms with Gasteiger partial charge in [-0.25, -0.2) is 18.1 Å². The number of carbonyl (C=O) groups excluding carboxylic acids is 1. The van der Waals surface area contributed by atoms with Gasteiger partial charge in [0.1, 0.15) is 0 Å². The SMILES string of the molecule is CC[C@@H](C)NS(=O)(=O)c1ccc(NC(=O)c2cc(-c3ccncc3)nc3ccccc23)cc1. The Morgan fingerprint density at radius 1 is 1.00 bits per heavy atom. The van der Waals surface area contributed by atoms with E-state index in [1.165, 1.54) is 12.1 Å². The minimum atomic E-state index is -3.61. The molecule has 0 radical (unpaired) electrons. The summed E-state index contributed by atoms with van der Waals surface area (Å²) in [7, 11) is -3.61. The van der Waals surface area contributed by atoms with Gasteiger partial charge in [-0.3, -0.25) is 9.78 Å². The summed E-state index contributed by atoms with van der Waals surface area (Å²) in [6, 6.07) is 18.8. The molecule has 0 spiro atoms. The van der Waals surface area contributed by atoms with Gasteiger partial charge in [0.15, 0.2) is 0 Å². The number of pyridine rings is 2. The molecule has 4 aromatic rings. The summed E-state index contributed by atoms with van der Waals surface area (Å²) in [6.07, 6.45) is 4.05. The minimum absolute atomic E-state index is 0.148. The Bertz CT molecular complexity index is 1390. The van der Waals surface area contributed by atoms with Gasteiger partial charge in [0.2, 0.25) is 10.0 Å². The van der Waals surface area contributed by atoms with Gasteiger partial charge in [-0.15, -0.1) is 0 Å². The molecule has 1 amide bonds. The highest BCUT2D eigenvalue weighted by molar-refractivity contribution is 7.89. The zero-order valence-electron chi connectivity index (χ0n) is 18.3. The van der Waals surface area contributed by atoms with Crippen LogP contribution in [0, 0.1) is 0 Å². The zero-order valence-corrected chi connectivity index (χ0v) is 19.1. The second-order valence-electron chi connectivity index (χ2n) is 7.72. The number of hydrogen-bond donors (Lipinski definition) is 2. The number of benzene rings is 2. The Labute approximate surface area is 193 Å². The summed E-state index contributed by atoms with van der Waals surface area (Å²) in [5.41, 5.74) is 3.19. The Balaban J connectivity index is 1.63. The Hall–Kier alpha value is -3.62. The summed E-state index contributed by atoms with van der Waals surface area (Å²) in [4.78, 5) is 22.1. The van der Waals surface area contributed by atoms with E-state index in [2.05, 4.69) is 20.0 Å². The number of nitrogens with zero attached hydrogens (tertiary/aromatic N) is 2. The van der Waals surface area contributed by atoms with Crippen LogP contribution in [0.25, 0.3) is 22.2 Å². The molecule has 0 unspecified atom stereocenters. The molecular formula is C25H24N4O3S. The lowest BCUT2D eigenvalue weighted by Gasteiger charge is -2.13. The normalized spacial score (nSPS) is 12.4. The number of anilines is 1. The van der Waals surface area contributed by atoms with Crippen molar-refractivity contribution < 1.29 is 13.2 Å². The van der Waals surface area contributed by atoms with Gasteiger partial charge in [-0.05, 0) is 61.9 Å². The van der Waals surface area contributed by atoms with E-state index in [0.29, 0.717) is 28.9 Å². The molecule has 0 saturated heterocycles. The number of sulfonamides is 1. The van der Waals surface area contributed by atoms with E-state index in [1.807, 2.05) is 50.2 Å². The molecule has 7 nitrogen and oxygen atoms in total. The second-order valence-corrected chi connectivity index (χ2v) is 9.43. The van der Waals surface area contributed by atoms with Crippen LogP contribution in [0.4, 0.5) is 5.69 Å². The fourth-order valence-corrected chi connectivity index (χ4v) is 4.69. The van der Waals surface area contributed by atoms with E-state index in [9.17, 15) is 13.2 Å². The number of rotatable bonds is 7. The number of para-hydroxylation sites is 1. The second kappa shape index (κ2) is 9.48. The molecule has 168 valence electrons. The zero-order chi connectivity index (χ0) is 23.4. The molecule has 0 bridgehead atoms. The van der Waals surface area contributed by atoms with Gasteiger partial charge in [-0.1, -0.05) is 25.1 Å². The molecule has 2 aromatic carbocycles. The van der Waals surface area contributed by atoms with E-state index in [4.69, 9.17) is 0 Å². The molecule has 2 aromatic heterocycles. The van der Waals surface area contributed by atoms with Crippen LogP contribution in [-0.2, 0) is 10.0 Å². The fourth-order valence-electron chi connectivity index (χ4n) is 3.37. The van der Waals surface area contributed by atoms with Crippen molar-refractivity contribution in [1.82, 2.24) is 14.7 Å². The lowest BCUT2D eigenvalue weighted by Crippen LogP contribution is -2.31. The summed E-state index contributed by atoms with van der Waals surface area (Å²) >= 11 is 0. The molecule has 0 aliphatic rings. The monoisotopic (exact) mass is 460 g/mol. The average molecular weight is 461 g/mol. The largest absolute Gasteiger partial charge is 0.322 e. The first kappa shape index (κ1) is 22.6.